The molecule has 5 heteroatoms. The van der Waals surface area contributed by atoms with Crippen LogP contribution in [-0.4, -0.2) is 18.0 Å². The first-order chi connectivity index (χ1) is 13.6. The van der Waals surface area contributed by atoms with Crippen LogP contribution < -0.4 is 15.4 Å². The highest BCUT2D eigenvalue weighted by Crippen LogP contribution is 2.32. The Kier molecular flexibility index (Phi) is 5.91. The van der Waals surface area contributed by atoms with Crippen LogP contribution in [0, 0.1) is 11.7 Å². The molecule has 4 rings (SSSR count). The van der Waals surface area contributed by atoms with Crippen molar-refractivity contribution >= 4 is 5.91 Å². The molecule has 4 nitrogen and oxygen atoms in total. The minimum atomic E-state index is -0.260. The summed E-state index contributed by atoms with van der Waals surface area (Å²) in [5.74, 6) is 1.11. The summed E-state index contributed by atoms with van der Waals surface area (Å²) in [4.78, 5) is 12.3. The second-order valence-electron chi connectivity index (χ2n) is 8.02. The van der Waals surface area contributed by atoms with Gasteiger partial charge in [0.2, 0.25) is 5.91 Å². The van der Waals surface area contributed by atoms with E-state index in [-0.39, 0.29) is 11.7 Å². The van der Waals surface area contributed by atoms with Crippen molar-refractivity contribution in [2.24, 2.45) is 5.92 Å². The number of nitrogens with one attached hydrogen (secondary N) is 2. The lowest BCUT2D eigenvalue weighted by molar-refractivity contribution is -0.122. The maximum Gasteiger partial charge on any atom is 0.220 e. The molecule has 0 aliphatic carbocycles. The lowest BCUT2D eigenvalue weighted by atomic mass is 9.89. The number of hydrogen-bond donors (Lipinski definition) is 2. The van der Waals surface area contributed by atoms with Crippen LogP contribution in [-0.2, 0) is 17.9 Å². The highest BCUT2D eigenvalue weighted by molar-refractivity contribution is 5.76. The monoisotopic (exact) mass is 382 g/mol. The van der Waals surface area contributed by atoms with E-state index in [0.717, 1.165) is 29.7 Å². The highest BCUT2D eigenvalue weighted by Gasteiger charge is 2.34. The second kappa shape index (κ2) is 8.74. The van der Waals surface area contributed by atoms with Gasteiger partial charge in [0.05, 0.1) is 0 Å². The van der Waals surface area contributed by atoms with Crippen LogP contribution in [0.2, 0.25) is 0 Å². The minimum absolute atomic E-state index is 0.137. The van der Waals surface area contributed by atoms with Crippen LogP contribution in [0.3, 0.4) is 0 Å². The first-order valence-corrected chi connectivity index (χ1v) is 10.1. The van der Waals surface area contributed by atoms with Crippen molar-refractivity contribution in [2.75, 3.05) is 0 Å². The fourth-order valence-corrected chi connectivity index (χ4v) is 4.37. The van der Waals surface area contributed by atoms with E-state index in [1.165, 1.54) is 25.0 Å². The molecule has 2 aromatic carbocycles. The molecular formula is C23H27FN2O2. The fourth-order valence-electron chi connectivity index (χ4n) is 4.37. The predicted molar refractivity (Wildman–Crippen MR) is 106 cm³/mol. The lowest BCUT2D eigenvalue weighted by Gasteiger charge is -2.28. The molecule has 2 saturated heterocycles. The normalized spacial score (nSPS) is 23.4. The van der Waals surface area contributed by atoms with E-state index in [0.29, 0.717) is 37.6 Å². The number of amides is 1. The van der Waals surface area contributed by atoms with Gasteiger partial charge in [0.25, 0.3) is 0 Å². The van der Waals surface area contributed by atoms with Gasteiger partial charge in [-0.3, -0.25) is 4.79 Å². The largest absolute Gasteiger partial charge is 0.489 e. The molecule has 2 aromatic rings. The van der Waals surface area contributed by atoms with E-state index in [9.17, 15) is 9.18 Å². The third-order valence-corrected chi connectivity index (χ3v) is 5.75. The Labute approximate surface area is 165 Å². The lowest BCUT2D eigenvalue weighted by Crippen LogP contribution is -2.39. The molecular weight excluding hydrogens is 355 g/mol. The van der Waals surface area contributed by atoms with E-state index in [2.05, 4.69) is 10.6 Å². The molecule has 2 fully saturated rings. The number of fused-ring (bicyclic) bond motifs is 2. The topological polar surface area (TPSA) is 50.4 Å². The van der Waals surface area contributed by atoms with Crippen molar-refractivity contribution in [3.05, 3.63) is 65.5 Å². The summed E-state index contributed by atoms with van der Waals surface area (Å²) in [5.41, 5.74) is 1.83. The van der Waals surface area contributed by atoms with Gasteiger partial charge in [0.1, 0.15) is 18.2 Å². The molecule has 0 spiro atoms. The van der Waals surface area contributed by atoms with E-state index in [1.54, 1.807) is 6.07 Å². The van der Waals surface area contributed by atoms with Crippen molar-refractivity contribution in [1.82, 2.24) is 10.6 Å². The van der Waals surface area contributed by atoms with Gasteiger partial charge in [0.15, 0.2) is 0 Å². The van der Waals surface area contributed by atoms with Gasteiger partial charge in [-0.1, -0.05) is 24.3 Å². The number of hydrogen-bond acceptors (Lipinski definition) is 3. The van der Waals surface area contributed by atoms with Crippen molar-refractivity contribution in [3.63, 3.8) is 0 Å². The van der Waals surface area contributed by atoms with Crippen LogP contribution in [0.15, 0.2) is 48.5 Å². The molecule has 2 heterocycles. The van der Waals surface area contributed by atoms with Crippen molar-refractivity contribution in [2.45, 2.75) is 57.3 Å². The maximum absolute atomic E-state index is 13.2. The standard InChI is InChI=1S/C23H27FN2O2/c24-19-3-1-2-17(10-19)15-28-22-8-4-16(5-9-22)14-25-23(27)13-18-11-20-6-7-21(12-18)26-20/h1-5,8-10,18,20-21,26H,6-7,11-15H2,(H,25,27). The molecule has 1 amide bonds. The summed E-state index contributed by atoms with van der Waals surface area (Å²) in [6.45, 7) is 0.854. The number of carbonyl (C=O) groups is 1. The molecule has 2 aliphatic rings. The first-order valence-electron chi connectivity index (χ1n) is 10.1. The zero-order valence-electron chi connectivity index (χ0n) is 16.0. The van der Waals surface area contributed by atoms with Crippen LogP contribution in [0.5, 0.6) is 5.75 Å². The molecule has 0 aromatic heterocycles. The summed E-state index contributed by atoms with van der Waals surface area (Å²) in [5, 5.41) is 6.66. The van der Waals surface area contributed by atoms with Crippen LogP contribution >= 0.6 is 0 Å². The molecule has 0 saturated carbocycles. The summed E-state index contributed by atoms with van der Waals surface area (Å²) >= 11 is 0. The Bertz CT molecular complexity index is 797. The molecule has 2 N–H and O–H groups in total. The summed E-state index contributed by atoms with van der Waals surface area (Å²) in [6, 6.07) is 15.3. The number of halogens is 1. The summed E-state index contributed by atoms with van der Waals surface area (Å²) in [6.07, 6.45) is 5.40. The zero-order chi connectivity index (χ0) is 19.3. The third-order valence-electron chi connectivity index (χ3n) is 5.75. The van der Waals surface area contributed by atoms with Gasteiger partial charge < -0.3 is 15.4 Å². The van der Waals surface area contributed by atoms with Gasteiger partial charge >= 0.3 is 0 Å². The van der Waals surface area contributed by atoms with Gasteiger partial charge in [-0.15, -0.1) is 0 Å². The van der Waals surface area contributed by atoms with Crippen molar-refractivity contribution in [3.8, 4) is 5.75 Å². The first kappa shape index (κ1) is 18.9. The number of rotatable bonds is 7. The van der Waals surface area contributed by atoms with Crippen LogP contribution in [0.4, 0.5) is 4.39 Å². The Balaban J connectivity index is 1.20. The van der Waals surface area contributed by atoms with Crippen LogP contribution in [0.1, 0.15) is 43.2 Å². The maximum atomic E-state index is 13.2. The molecule has 0 radical (unpaired) electrons. The molecule has 148 valence electrons. The molecule has 28 heavy (non-hydrogen) atoms. The molecule has 2 atom stereocenters. The van der Waals surface area contributed by atoms with Gasteiger partial charge in [0, 0.05) is 25.0 Å². The summed E-state index contributed by atoms with van der Waals surface area (Å²) < 4.78 is 18.9. The SMILES string of the molecule is O=C(CC1CC2CCC(C1)N2)NCc1ccc(OCc2cccc(F)c2)cc1. The second-order valence-corrected chi connectivity index (χ2v) is 8.02. The number of piperidine rings is 1. The number of benzene rings is 2. The summed E-state index contributed by atoms with van der Waals surface area (Å²) in [7, 11) is 0. The average molecular weight is 382 g/mol. The van der Waals surface area contributed by atoms with Gasteiger partial charge in [-0.05, 0) is 67.0 Å². The smallest absolute Gasteiger partial charge is 0.220 e. The zero-order valence-corrected chi connectivity index (χ0v) is 16.0. The van der Waals surface area contributed by atoms with E-state index in [4.69, 9.17) is 4.74 Å². The quantitative estimate of drug-likeness (QED) is 0.763. The van der Waals surface area contributed by atoms with E-state index < -0.39 is 0 Å². The van der Waals surface area contributed by atoms with E-state index in [1.807, 2.05) is 30.3 Å². The molecule has 2 unspecified atom stereocenters. The van der Waals surface area contributed by atoms with E-state index >= 15 is 0 Å². The Morgan fingerprint density at radius 1 is 1.07 bits per heavy atom. The number of carbonyl (C=O) groups excluding carboxylic acids is 1. The van der Waals surface area contributed by atoms with Gasteiger partial charge in [-0.25, -0.2) is 4.39 Å². The number of ether oxygens (including phenoxy) is 1. The third kappa shape index (κ3) is 5.10. The van der Waals surface area contributed by atoms with Crippen molar-refractivity contribution in [1.29, 1.82) is 0 Å². The molecule has 2 bridgehead atoms. The van der Waals surface area contributed by atoms with Crippen LogP contribution in [0.25, 0.3) is 0 Å². The van der Waals surface area contributed by atoms with Gasteiger partial charge in [-0.2, -0.15) is 0 Å². The predicted octanol–water partition coefficient (Wildman–Crippen LogP) is 3.94. The highest BCUT2D eigenvalue weighted by atomic mass is 19.1. The fraction of sp³-hybridized carbons (Fsp3) is 0.435. The Hall–Kier alpha value is -2.40. The Morgan fingerprint density at radius 2 is 1.82 bits per heavy atom. The average Bonchev–Trinajstić information content (AvgIpc) is 3.04. The van der Waals surface area contributed by atoms with Crippen molar-refractivity contribution < 1.29 is 13.9 Å². The minimum Gasteiger partial charge on any atom is -0.489 e. The Morgan fingerprint density at radius 3 is 2.54 bits per heavy atom. The molecule has 2 aliphatic heterocycles.